The molecule has 1 saturated heterocycles. The number of nitrogens with zero attached hydrogens (tertiary/aromatic N) is 1. The predicted molar refractivity (Wildman–Crippen MR) is 64.1 cm³/mol. The van der Waals surface area contributed by atoms with Gasteiger partial charge in [-0.2, -0.15) is 0 Å². The number of piperazine rings is 1. The fourth-order valence-corrected chi connectivity index (χ4v) is 2.14. The van der Waals surface area contributed by atoms with Crippen molar-refractivity contribution in [2.45, 2.75) is 19.4 Å². The summed E-state index contributed by atoms with van der Waals surface area (Å²) in [5, 5.41) is 3.18. The van der Waals surface area contributed by atoms with Crippen molar-refractivity contribution in [1.82, 2.24) is 10.2 Å². The average Bonchev–Trinajstić information content (AvgIpc) is 2.33. The Labute approximate surface area is 105 Å². The Balaban J connectivity index is 2.06. The van der Waals surface area contributed by atoms with Crippen LogP contribution in [0.5, 0.6) is 0 Å². The van der Waals surface area contributed by atoms with Crippen LogP contribution in [0.1, 0.15) is 12.5 Å². The average molecular weight is 254 g/mol. The molecule has 0 unspecified atom stereocenters. The molecule has 18 heavy (non-hydrogen) atoms. The molecule has 5 heteroatoms. The molecule has 0 spiro atoms. The Kier molecular flexibility index (Phi) is 3.91. The van der Waals surface area contributed by atoms with Gasteiger partial charge in [0, 0.05) is 31.7 Å². The highest BCUT2D eigenvalue weighted by molar-refractivity contribution is 5.79. The van der Waals surface area contributed by atoms with E-state index in [4.69, 9.17) is 0 Å². The first-order chi connectivity index (χ1) is 8.58. The standard InChI is InChI=1S/C13H16F2N2O/c1-9-8-16-4-5-17(9)13(18)6-10-2-3-11(14)7-12(10)15/h2-3,7,9,16H,4-6,8H2,1H3/t9-/m1/s1. The summed E-state index contributed by atoms with van der Waals surface area (Å²) in [6, 6.07) is 3.42. The zero-order valence-corrected chi connectivity index (χ0v) is 10.2. The Bertz CT molecular complexity index is 451. The second-order valence-corrected chi connectivity index (χ2v) is 4.55. The summed E-state index contributed by atoms with van der Waals surface area (Å²) in [7, 11) is 0. The van der Waals surface area contributed by atoms with Gasteiger partial charge >= 0.3 is 0 Å². The molecule has 0 bridgehead atoms. The van der Waals surface area contributed by atoms with Crippen LogP contribution in [0.4, 0.5) is 8.78 Å². The van der Waals surface area contributed by atoms with Crippen molar-refractivity contribution in [2.75, 3.05) is 19.6 Å². The summed E-state index contributed by atoms with van der Waals surface area (Å²) in [6.45, 7) is 4.08. The third kappa shape index (κ3) is 2.85. The second kappa shape index (κ2) is 5.44. The molecule has 1 aromatic carbocycles. The Hall–Kier alpha value is -1.49. The molecule has 1 fully saturated rings. The number of nitrogens with one attached hydrogen (secondary N) is 1. The van der Waals surface area contributed by atoms with Gasteiger partial charge in [0.05, 0.1) is 6.42 Å². The first-order valence-electron chi connectivity index (χ1n) is 6.02. The van der Waals surface area contributed by atoms with Crippen molar-refractivity contribution >= 4 is 5.91 Å². The summed E-state index contributed by atoms with van der Waals surface area (Å²) in [6.07, 6.45) is -0.0174. The largest absolute Gasteiger partial charge is 0.337 e. The monoisotopic (exact) mass is 254 g/mol. The molecule has 1 aliphatic rings. The minimum absolute atomic E-state index is 0.0174. The van der Waals surface area contributed by atoms with Gasteiger partial charge in [-0.15, -0.1) is 0 Å². The molecule has 1 atom stereocenters. The molecular weight excluding hydrogens is 238 g/mol. The highest BCUT2D eigenvalue weighted by Gasteiger charge is 2.23. The molecule has 1 aliphatic heterocycles. The van der Waals surface area contributed by atoms with E-state index in [1.54, 1.807) is 4.90 Å². The molecular formula is C13H16F2N2O. The first kappa shape index (κ1) is 13.0. The van der Waals surface area contributed by atoms with E-state index < -0.39 is 11.6 Å². The molecule has 1 heterocycles. The van der Waals surface area contributed by atoms with Gasteiger partial charge in [-0.3, -0.25) is 4.79 Å². The SMILES string of the molecule is C[C@@H]1CNCCN1C(=O)Cc1ccc(F)cc1F. The lowest BCUT2D eigenvalue weighted by atomic mass is 10.1. The second-order valence-electron chi connectivity index (χ2n) is 4.55. The highest BCUT2D eigenvalue weighted by Crippen LogP contribution is 2.13. The van der Waals surface area contributed by atoms with Crippen molar-refractivity contribution in [3.63, 3.8) is 0 Å². The lowest BCUT2D eigenvalue weighted by Crippen LogP contribution is -2.52. The number of halogens is 2. The van der Waals surface area contributed by atoms with Gasteiger partial charge in [0.15, 0.2) is 0 Å². The van der Waals surface area contributed by atoms with Crippen LogP contribution in [0.2, 0.25) is 0 Å². The normalized spacial score (nSPS) is 19.9. The number of rotatable bonds is 2. The Morgan fingerprint density at radius 2 is 2.28 bits per heavy atom. The summed E-state index contributed by atoms with van der Waals surface area (Å²) in [5.74, 6) is -1.40. The maximum Gasteiger partial charge on any atom is 0.227 e. The molecule has 1 N–H and O–H groups in total. The number of hydrogen-bond acceptors (Lipinski definition) is 2. The van der Waals surface area contributed by atoms with Crippen molar-refractivity contribution in [3.05, 3.63) is 35.4 Å². The maximum absolute atomic E-state index is 13.5. The lowest BCUT2D eigenvalue weighted by molar-refractivity contribution is -0.133. The number of carbonyl (C=O) groups excluding carboxylic acids is 1. The van der Waals surface area contributed by atoms with Gasteiger partial charge in [0.1, 0.15) is 11.6 Å². The van der Waals surface area contributed by atoms with Gasteiger partial charge in [-0.25, -0.2) is 8.78 Å². The minimum atomic E-state index is -0.661. The van der Waals surface area contributed by atoms with Gasteiger partial charge in [0.25, 0.3) is 0 Å². The highest BCUT2D eigenvalue weighted by atomic mass is 19.1. The van der Waals surface area contributed by atoms with Crippen LogP contribution in [0.25, 0.3) is 0 Å². The van der Waals surface area contributed by atoms with E-state index in [0.717, 1.165) is 19.2 Å². The first-order valence-corrected chi connectivity index (χ1v) is 6.02. The predicted octanol–water partition coefficient (Wildman–Crippen LogP) is 1.33. The topological polar surface area (TPSA) is 32.3 Å². The number of amides is 1. The third-order valence-electron chi connectivity index (χ3n) is 3.18. The van der Waals surface area contributed by atoms with Crippen LogP contribution < -0.4 is 5.32 Å². The Morgan fingerprint density at radius 3 is 2.94 bits per heavy atom. The fourth-order valence-electron chi connectivity index (χ4n) is 2.14. The van der Waals surface area contributed by atoms with Crippen molar-refractivity contribution in [1.29, 1.82) is 0 Å². The van der Waals surface area contributed by atoms with Crippen LogP contribution in [0.3, 0.4) is 0 Å². The van der Waals surface area contributed by atoms with Gasteiger partial charge in [-0.05, 0) is 18.6 Å². The van der Waals surface area contributed by atoms with Crippen molar-refractivity contribution < 1.29 is 13.6 Å². The quantitative estimate of drug-likeness (QED) is 0.863. The van der Waals surface area contributed by atoms with Crippen LogP contribution in [0, 0.1) is 11.6 Å². The number of benzene rings is 1. The van der Waals surface area contributed by atoms with E-state index in [9.17, 15) is 13.6 Å². The van der Waals surface area contributed by atoms with Gasteiger partial charge in [-0.1, -0.05) is 6.07 Å². The minimum Gasteiger partial charge on any atom is -0.337 e. The van der Waals surface area contributed by atoms with Crippen LogP contribution in [-0.2, 0) is 11.2 Å². The van der Waals surface area contributed by atoms with E-state index in [0.29, 0.717) is 6.54 Å². The van der Waals surface area contributed by atoms with E-state index in [-0.39, 0.29) is 23.9 Å². The van der Waals surface area contributed by atoms with E-state index in [1.807, 2.05) is 6.92 Å². The summed E-state index contributed by atoms with van der Waals surface area (Å²) >= 11 is 0. The van der Waals surface area contributed by atoms with Crippen molar-refractivity contribution in [2.24, 2.45) is 0 Å². The molecule has 1 aromatic rings. The van der Waals surface area contributed by atoms with Crippen LogP contribution >= 0.6 is 0 Å². The van der Waals surface area contributed by atoms with Crippen molar-refractivity contribution in [3.8, 4) is 0 Å². The zero-order valence-electron chi connectivity index (χ0n) is 10.2. The van der Waals surface area contributed by atoms with E-state index in [1.165, 1.54) is 12.1 Å². The Morgan fingerprint density at radius 1 is 1.50 bits per heavy atom. The molecule has 0 saturated carbocycles. The zero-order chi connectivity index (χ0) is 13.1. The molecule has 98 valence electrons. The van der Waals surface area contributed by atoms with Gasteiger partial charge in [0.2, 0.25) is 5.91 Å². The van der Waals surface area contributed by atoms with Crippen LogP contribution in [0.15, 0.2) is 18.2 Å². The summed E-state index contributed by atoms with van der Waals surface area (Å²) in [5.41, 5.74) is 0.243. The summed E-state index contributed by atoms with van der Waals surface area (Å²) in [4.78, 5) is 13.8. The van der Waals surface area contributed by atoms with E-state index in [2.05, 4.69) is 5.32 Å². The molecule has 0 aliphatic carbocycles. The fraction of sp³-hybridized carbons (Fsp3) is 0.462. The molecule has 0 radical (unpaired) electrons. The molecule has 1 amide bonds. The molecule has 0 aromatic heterocycles. The molecule has 3 nitrogen and oxygen atoms in total. The molecule has 2 rings (SSSR count). The number of carbonyl (C=O) groups is 1. The maximum atomic E-state index is 13.5. The number of hydrogen-bond donors (Lipinski definition) is 1. The van der Waals surface area contributed by atoms with Gasteiger partial charge < -0.3 is 10.2 Å². The summed E-state index contributed by atoms with van der Waals surface area (Å²) < 4.78 is 26.2. The smallest absolute Gasteiger partial charge is 0.227 e. The van der Waals surface area contributed by atoms with Crippen LogP contribution in [-0.4, -0.2) is 36.5 Å². The third-order valence-corrected chi connectivity index (χ3v) is 3.18. The van der Waals surface area contributed by atoms with E-state index >= 15 is 0 Å². The lowest BCUT2D eigenvalue weighted by Gasteiger charge is -2.34.